The minimum atomic E-state index is -0.495. The van der Waals surface area contributed by atoms with Gasteiger partial charge in [-0.1, -0.05) is 20.8 Å². The predicted octanol–water partition coefficient (Wildman–Crippen LogP) is 2.22. The van der Waals surface area contributed by atoms with Crippen LogP contribution >= 0.6 is 0 Å². The summed E-state index contributed by atoms with van der Waals surface area (Å²) in [6, 6.07) is 0. The van der Waals surface area contributed by atoms with Crippen LogP contribution in [-0.2, 0) is 9.47 Å². The van der Waals surface area contributed by atoms with Crippen molar-refractivity contribution in [2.75, 3.05) is 26.9 Å². The van der Waals surface area contributed by atoms with Gasteiger partial charge in [-0.15, -0.1) is 0 Å². The van der Waals surface area contributed by atoms with Gasteiger partial charge in [-0.25, -0.2) is 0 Å². The molecule has 120 valence electrons. The molecule has 0 aromatic carbocycles. The van der Waals surface area contributed by atoms with Crippen LogP contribution in [0.25, 0.3) is 0 Å². The zero-order valence-corrected chi connectivity index (χ0v) is 13.5. The van der Waals surface area contributed by atoms with Gasteiger partial charge in [0, 0.05) is 7.11 Å². The summed E-state index contributed by atoms with van der Waals surface area (Å²) in [6.45, 7) is 8.16. The van der Waals surface area contributed by atoms with Crippen molar-refractivity contribution in [2.45, 2.75) is 58.7 Å². The van der Waals surface area contributed by atoms with Crippen molar-refractivity contribution in [3.05, 3.63) is 0 Å². The fourth-order valence-electron chi connectivity index (χ4n) is 3.07. The van der Waals surface area contributed by atoms with Crippen molar-refractivity contribution in [3.8, 4) is 0 Å². The van der Waals surface area contributed by atoms with E-state index in [2.05, 4.69) is 20.8 Å². The lowest BCUT2D eigenvalue weighted by molar-refractivity contribution is -0.0318. The van der Waals surface area contributed by atoms with Gasteiger partial charge in [-0.2, -0.15) is 0 Å². The molecule has 0 bridgehead atoms. The Morgan fingerprint density at radius 2 is 1.90 bits per heavy atom. The van der Waals surface area contributed by atoms with Crippen LogP contribution < -0.4 is 0 Å². The number of rotatable bonds is 7. The summed E-state index contributed by atoms with van der Waals surface area (Å²) in [5.41, 5.74) is 0.276. The molecule has 0 radical (unpaired) electrons. The second kappa shape index (κ2) is 8.32. The Morgan fingerprint density at radius 1 is 1.20 bits per heavy atom. The summed E-state index contributed by atoms with van der Waals surface area (Å²) in [5, 5.41) is 20.2. The third-order valence-corrected chi connectivity index (χ3v) is 4.48. The van der Waals surface area contributed by atoms with Crippen molar-refractivity contribution in [1.82, 2.24) is 0 Å². The summed E-state index contributed by atoms with van der Waals surface area (Å²) in [4.78, 5) is 0. The molecule has 4 atom stereocenters. The first kappa shape index (κ1) is 17.9. The van der Waals surface area contributed by atoms with Crippen molar-refractivity contribution < 1.29 is 19.7 Å². The summed E-state index contributed by atoms with van der Waals surface area (Å²) in [7, 11) is 1.63. The number of hydrogen-bond donors (Lipinski definition) is 2. The first-order valence-corrected chi connectivity index (χ1v) is 7.77. The summed E-state index contributed by atoms with van der Waals surface area (Å²) >= 11 is 0. The van der Waals surface area contributed by atoms with Gasteiger partial charge >= 0.3 is 0 Å². The van der Waals surface area contributed by atoms with Crippen molar-refractivity contribution >= 4 is 0 Å². The molecule has 1 saturated carbocycles. The van der Waals surface area contributed by atoms with Gasteiger partial charge in [0.2, 0.25) is 0 Å². The lowest BCUT2D eigenvalue weighted by Gasteiger charge is -2.40. The smallest absolute Gasteiger partial charge is 0.0777 e. The Hall–Kier alpha value is -0.160. The van der Waals surface area contributed by atoms with Crippen molar-refractivity contribution in [1.29, 1.82) is 0 Å². The number of ether oxygens (including phenoxy) is 2. The first-order valence-electron chi connectivity index (χ1n) is 7.77. The number of aliphatic hydroxyl groups excluding tert-OH is 2. The molecule has 2 N–H and O–H groups in total. The number of aliphatic hydroxyl groups is 2. The van der Waals surface area contributed by atoms with E-state index in [1.54, 1.807) is 7.11 Å². The van der Waals surface area contributed by atoms with E-state index in [1.165, 1.54) is 0 Å². The van der Waals surface area contributed by atoms with E-state index in [-0.39, 0.29) is 17.4 Å². The Morgan fingerprint density at radius 3 is 2.50 bits per heavy atom. The fourth-order valence-corrected chi connectivity index (χ4v) is 3.07. The molecule has 0 aliphatic heterocycles. The molecular weight excluding hydrogens is 256 g/mol. The van der Waals surface area contributed by atoms with Crippen LogP contribution in [-0.4, -0.2) is 49.4 Å². The molecule has 4 nitrogen and oxygen atoms in total. The van der Waals surface area contributed by atoms with Crippen LogP contribution in [0, 0.1) is 17.3 Å². The largest absolute Gasteiger partial charge is 0.393 e. The van der Waals surface area contributed by atoms with Gasteiger partial charge in [0.05, 0.1) is 32.0 Å². The second-order valence-electron chi connectivity index (χ2n) is 7.16. The molecule has 1 fully saturated rings. The van der Waals surface area contributed by atoms with Crippen LogP contribution in [0.15, 0.2) is 0 Å². The van der Waals surface area contributed by atoms with Gasteiger partial charge in [0.25, 0.3) is 0 Å². The molecule has 0 aromatic rings. The molecule has 0 amide bonds. The maximum absolute atomic E-state index is 10.1. The standard InChI is InChI=1S/C16H32O4/c1-16(2,3)13-5-6-15(18)12(9-13)10-14(17)11-20-8-7-19-4/h12-15,17-18H,5-11H2,1-4H3. The number of methoxy groups -OCH3 is 1. The average molecular weight is 288 g/mol. The monoisotopic (exact) mass is 288 g/mol. The van der Waals surface area contributed by atoms with Crippen LogP contribution in [0.4, 0.5) is 0 Å². The van der Waals surface area contributed by atoms with Crippen LogP contribution in [0.2, 0.25) is 0 Å². The Kier molecular flexibility index (Phi) is 7.45. The molecule has 4 unspecified atom stereocenters. The number of hydrogen-bond acceptors (Lipinski definition) is 4. The van der Waals surface area contributed by atoms with Gasteiger partial charge < -0.3 is 19.7 Å². The molecule has 0 aromatic heterocycles. The van der Waals surface area contributed by atoms with E-state index in [1.807, 2.05) is 0 Å². The van der Waals surface area contributed by atoms with Crippen LogP contribution in [0.1, 0.15) is 46.5 Å². The first-order chi connectivity index (χ1) is 9.34. The van der Waals surface area contributed by atoms with E-state index in [4.69, 9.17) is 9.47 Å². The Balaban J connectivity index is 2.36. The molecule has 0 spiro atoms. The van der Waals surface area contributed by atoms with Crippen molar-refractivity contribution in [3.63, 3.8) is 0 Å². The van der Waals surface area contributed by atoms with Gasteiger partial charge in [-0.3, -0.25) is 0 Å². The van der Waals surface area contributed by atoms with Gasteiger partial charge in [0.15, 0.2) is 0 Å². The highest BCUT2D eigenvalue weighted by Gasteiger charge is 2.35. The molecule has 1 aliphatic carbocycles. The maximum atomic E-state index is 10.1. The van der Waals surface area contributed by atoms with E-state index in [0.717, 1.165) is 19.3 Å². The average Bonchev–Trinajstić information content (AvgIpc) is 2.36. The summed E-state index contributed by atoms with van der Waals surface area (Å²) < 4.78 is 10.2. The highest BCUT2D eigenvalue weighted by molar-refractivity contribution is 4.86. The summed E-state index contributed by atoms with van der Waals surface area (Å²) in [6.07, 6.45) is 2.79. The highest BCUT2D eigenvalue weighted by atomic mass is 16.5. The normalized spacial score (nSPS) is 29.4. The lowest BCUT2D eigenvalue weighted by Crippen LogP contribution is -2.37. The zero-order chi connectivity index (χ0) is 15.2. The minimum absolute atomic E-state index is 0.189. The molecule has 0 heterocycles. The zero-order valence-electron chi connectivity index (χ0n) is 13.5. The topological polar surface area (TPSA) is 58.9 Å². The maximum Gasteiger partial charge on any atom is 0.0777 e. The van der Waals surface area contributed by atoms with E-state index in [0.29, 0.717) is 32.2 Å². The predicted molar refractivity (Wildman–Crippen MR) is 79.6 cm³/mol. The minimum Gasteiger partial charge on any atom is -0.393 e. The Bertz CT molecular complexity index is 262. The SMILES string of the molecule is COCCOCC(O)CC1CC(C(C)(C)C)CCC1O. The molecule has 0 saturated heterocycles. The fraction of sp³-hybridized carbons (Fsp3) is 1.00. The van der Waals surface area contributed by atoms with Gasteiger partial charge in [0.1, 0.15) is 0 Å². The van der Waals surface area contributed by atoms with Crippen LogP contribution in [0.5, 0.6) is 0 Å². The Labute approximate surface area is 123 Å². The van der Waals surface area contributed by atoms with E-state index >= 15 is 0 Å². The van der Waals surface area contributed by atoms with Crippen molar-refractivity contribution in [2.24, 2.45) is 17.3 Å². The second-order valence-corrected chi connectivity index (χ2v) is 7.16. The molecule has 1 rings (SSSR count). The molecule has 20 heavy (non-hydrogen) atoms. The highest BCUT2D eigenvalue weighted by Crippen LogP contribution is 2.41. The van der Waals surface area contributed by atoms with E-state index < -0.39 is 6.10 Å². The lowest BCUT2D eigenvalue weighted by atomic mass is 9.67. The quantitative estimate of drug-likeness (QED) is 0.705. The molecule has 4 heteroatoms. The third kappa shape index (κ3) is 6.08. The third-order valence-electron chi connectivity index (χ3n) is 4.48. The molecule has 1 aliphatic rings. The molecular formula is C16H32O4. The van der Waals surface area contributed by atoms with Gasteiger partial charge in [-0.05, 0) is 42.9 Å². The van der Waals surface area contributed by atoms with Crippen LogP contribution in [0.3, 0.4) is 0 Å². The van der Waals surface area contributed by atoms with E-state index in [9.17, 15) is 10.2 Å². The summed E-state index contributed by atoms with van der Waals surface area (Å²) in [5.74, 6) is 0.812.